The summed E-state index contributed by atoms with van der Waals surface area (Å²) in [5, 5.41) is 14.1. The average Bonchev–Trinajstić information content (AvgIpc) is 2.49. The summed E-state index contributed by atoms with van der Waals surface area (Å²) < 4.78 is 5.71. The highest BCUT2D eigenvalue weighted by Gasteiger charge is 2.10. The van der Waals surface area contributed by atoms with E-state index in [2.05, 4.69) is 10.5 Å². The van der Waals surface area contributed by atoms with Crippen molar-refractivity contribution in [3.05, 3.63) is 54.6 Å². The summed E-state index contributed by atoms with van der Waals surface area (Å²) >= 11 is 0. The Bertz CT molecular complexity index is 624. The molecule has 2 rings (SSSR count). The van der Waals surface area contributed by atoms with Gasteiger partial charge in [-0.2, -0.15) is 0 Å². The van der Waals surface area contributed by atoms with Gasteiger partial charge in [0.2, 0.25) is 0 Å². The van der Waals surface area contributed by atoms with E-state index in [0.717, 1.165) is 0 Å². The molecular weight excluding hydrogens is 256 g/mol. The molecule has 0 aliphatic heterocycles. The van der Waals surface area contributed by atoms with Crippen molar-refractivity contribution >= 4 is 17.3 Å². The lowest BCUT2D eigenvalue weighted by Crippen LogP contribution is -2.20. The number of carbonyl (C=O) groups is 1. The molecule has 2 aromatic rings. The molecule has 0 spiro atoms. The van der Waals surface area contributed by atoms with Crippen molar-refractivity contribution < 1.29 is 14.7 Å². The fraction of sp³-hybridized carbons (Fsp3) is 0.0667. The van der Waals surface area contributed by atoms with Crippen LogP contribution in [0.1, 0.15) is 6.92 Å². The van der Waals surface area contributed by atoms with Crippen molar-refractivity contribution in [1.82, 2.24) is 0 Å². The first-order valence-corrected chi connectivity index (χ1v) is 6.02. The first-order chi connectivity index (χ1) is 9.70. The second kappa shape index (κ2) is 6.38. The van der Waals surface area contributed by atoms with Gasteiger partial charge in [-0.15, -0.1) is 0 Å². The lowest BCUT2D eigenvalue weighted by Gasteiger charge is -2.11. The van der Waals surface area contributed by atoms with Crippen LogP contribution >= 0.6 is 0 Å². The van der Waals surface area contributed by atoms with E-state index >= 15 is 0 Å². The Balaban J connectivity index is 2.20. The number of nitrogens with zero attached hydrogens (tertiary/aromatic N) is 1. The van der Waals surface area contributed by atoms with E-state index < -0.39 is 5.91 Å². The molecule has 0 atom stereocenters. The molecule has 2 N–H and O–H groups in total. The van der Waals surface area contributed by atoms with Gasteiger partial charge in [-0.25, -0.2) is 0 Å². The van der Waals surface area contributed by atoms with Crippen LogP contribution in [-0.2, 0) is 4.79 Å². The van der Waals surface area contributed by atoms with E-state index in [1.807, 2.05) is 30.3 Å². The van der Waals surface area contributed by atoms with Gasteiger partial charge in [0.15, 0.2) is 5.75 Å². The molecule has 5 nitrogen and oxygen atoms in total. The minimum Gasteiger partial charge on any atom is -0.455 e. The number of carbonyl (C=O) groups excluding carboxylic acids is 1. The van der Waals surface area contributed by atoms with Gasteiger partial charge in [0.25, 0.3) is 5.91 Å². The number of hydrogen-bond donors (Lipinski definition) is 2. The predicted molar refractivity (Wildman–Crippen MR) is 76.5 cm³/mol. The number of amides is 1. The molecule has 0 saturated heterocycles. The summed E-state index contributed by atoms with van der Waals surface area (Å²) in [6, 6.07) is 16.3. The normalized spacial score (nSPS) is 10.9. The summed E-state index contributed by atoms with van der Waals surface area (Å²) in [6.45, 7) is 1.41. The van der Waals surface area contributed by atoms with Crippen LogP contribution in [0.2, 0.25) is 0 Å². The topological polar surface area (TPSA) is 70.9 Å². The molecule has 20 heavy (non-hydrogen) atoms. The van der Waals surface area contributed by atoms with E-state index in [1.54, 1.807) is 24.3 Å². The van der Waals surface area contributed by atoms with Crippen LogP contribution in [0.25, 0.3) is 0 Å². The van der Waals surface area contributed by atoms with Gasteiger partial charge in [0, 0.05) is 0 Å². The lowest BCUT2D eigenvalue weighted by molar-refractivity contribution is -0.110. The zero-order valence-corrected chi connectivity index (χ0v) is 10.9. The van der Waals surface area contributed by atoms with Gasteiger partial charge < -0.3 is 15.3 Å². The lowest BCUT2D eigenvalue weighted by atomic mass is 10.2. The van der Waals surface area contributed by atoms with Gasteiger partial charge in [-0.3, -0.25) is 4.79 Å². The molecule has 0 radical (unpaired) electrons. The van der Waals surface area contributed by atoms with Gasteiger partial charge in [-0.05, 0) is 31.2 Å². The zero-order valence-electron chi connectivity index (χ0n) is 10.9. The number of hydrogen-bond acceptors (Lipinski definition) is 4. The highest BCUT2D eigenvalue weighted by atomic mass is 16.5. The second-order valence-corrected chi connectivity index (χ2v) is 4.05. The van der Waals surface area contributed by atoms with E-state index in [1.165, 1.54) is 6.92 Å². The summed E-state index contributed by atoms with van der Waals surface area (Å²) in [6.07, 6.45) is 0. The zero-order chi connectivity index (χ0) is 14.4. The Morgan fingerprint density at radius 3 is 2.45 bits per heavy atom. The van der Waals surface area contributed by atoms with E-state index in [4.69, 9.17) is 9.94 Å². The summed E-state index contributed by atoms with van der Waals surface area (Å²) in [4.78, 5) is 11.7. The monoisotopic (exact) mass is 270 g/mol. The quantitative estimate of drug-likeness (QED) is 0.509. The van der Waals surface area contributed by atoms with Gasteiger partial charge in [0.05, 0.1) is 5.69 Å². The molecule has 5 heteroatoms. The fourth-order valence-corrected chi connectivity index (χ4v) is 1.53. The minimum atomic E-state index is -0.489. The van der Waals surface area contributed by atoms with E-state index in [-0.39, 0.29) is 5.71 Å². The standard InChI is InChI=1S/C15H14N2O3/c1-11(17-19)15(18)16-13-9-5-6-10-14(13)20-12-7-3-2-4-8-12/h2-10,19H,1H3,(H,16,18)/b17-11-. The van der Waals surface area contributed by atoms with Crippen molar-refractivity contribution in [2.75, 3.05) is 5.32 Å². The Kier molecular flexibility index (Phi) is 4.34. The average molecular weight is 270 g/mol. The largest absolute Gasteiger partial charge is 0.455 e. The number of para-hydroxylation sites is 3. The molecule has 1 amide bonds. The maximum Gasteiger partial charge on any atom is 0.273 e. The third-order valence-electron chi connectivity index (χ3n) is 2.58. The maximum atomic E-state index is 11.7. The van der Waals surface area contributed by atoms with Crippen LogP contribution < -0.4 is 10.1 Å². The van der Waals surface area contributed by atoms with Gasteiger partial charge >= 0.3 is 0 Å². The van der Waals surface area contributed by atoms with Crippen molar-refractivity contribution in [1.29, 1.82) is 0 Å². The summed E-state index contributed by atoms with van der Waals surface area (Å²) in [7, 11) is 0. The highest BCUT2D eigenvalue weighted by Crippen LogP contribution is 2.28. The Morgan fingerprint density at radius 2 is 1.75 bits per heavy atom. The summed E-state index contributed by atoms with van der Waals surface area (Å²) in [5.41, 5.74) is 0.476. The first-order valence-electron chi connectivity index (χ1n) is 6.02. The van der Waals surface area contributed by atoms with Crippen LogP contribution in [0.4, 0.5) is 5.69 Å². The number of oxime groups is 1. The van der Waals surface area contributed by atoms with Crippen LogP contribution in [0.15, 0.2) is 59.8 Å². The molecule has 0 bridgehead atoms. The predicted octanol–water partition coefficient (Wildman–Crippen LogP) is 3.27. The van der Waals surface area contributed by atoms with Crippen LogP contribution in [0, 0.1) is 0 Å². The molecule has 0 fully saturated rings. The Hall–Kier alpha value is -2.82. The third kappa shape index (κ3) is 3.35. The number of rotatable bonds is 4. The SMILES string of the molecule is C/C(=N/O)C(=O)Nc1ccccc1Oc1ccccc1. The first kappa shape index (κ1) is 13.6. The minimum absolute atomic E-state index is 0.0282. The molecule has 0 aliphatic rings. The van der Waals surface area contributed by atoms with Crippen LogP contribution in [0.5, 0.6) is 11.5 Å². The van der Waals surface area contributed by atoms with Gasteiger partial charge in [0.1, 0.15) is 11.5 Å². The Labute approximate surface area is 116 Å². The van der Waals surface area contributed by atoms with Crippen molar-refractivity contribution in [3.63, 3.8) is 0 Å². The van der Waals surface area contributed by atoms with Gasteiger partial charge in [-0.1, -0.05) is 35.5 Å². The Morgan fingerprint density at radius 1 is 1.10 bits per heavy atom. The fourth-order valence-electron chi connectivity index (χ4n) is 1.53. The molecule has 2 aromatic carbocycles. The number of benzene rings is 2. The van der Waals surface area contributed by atoms with Crippen molar-refractivity contribution in [2.45, 2.75) is 6.92 Å². The second-order valence-electron chi connectivity index (χ2n) is 4.05. The van der Waals surface area contributed by atoms with Crippen LogP contribution in [0.3, 0.4) is 0 Å². The smallest absolute Gasteiger partial charge is 0.273 e. The van der Waals surface area contributed by atoms with E-state index in [0.29, 0.717) is 17.2 Å². The number of nitrogens with one attached hydrogen (secondary N) is 1. The number of anilines is 1. The summed E-state index contributed by atoms with van der Waals surface area (Å²) in [5.74, 6) is 0.691. The van der Waals surface area contributed by atoms with Crippen molar-refractivity contribution in [2.24, 2.45) is 5.16 Å². The molecule has 0 unspecified atom stereocenters. The van der Waals surface area contributed by atoms with Crippen LogP contribution in [-0.4, -0.2) is 16.8 Å². The van der Waals surface area contributed by atoms with E-state index in [9.17, 15) is 4.79 Å². The van der Waals surface area contributed by atoms with Crippen molar-refractivity contribution in [3.8, 4) is 11.5 Å². The number of ether oxygens (including phenoxy) is 1. The molecule has 0 saturated carbocycles. The maximum absolute atomic E-state index is 11.7. The molecule has 0 aromatic heterocycles. The third-order valence-corrected chi connectivity index (χ3v) is 2.58. The molecule has 102 valence electrons. The molecule has 0 aliphatic carbocycles. The molecular formula is C15H14N2O3. The molecule has 0 heterocycles. The highest BCUT2D eigenvalue weighted by molar-refractivity contribution is 6.42.